The highest BCUT2D eigenvalue weighted by molar-refractivity contribution is 6.17. The van der Waals surface area contributed by atoms with Gasteiger partial charge in [-0.2, -0.15) is 0 Å². The van der Waals surface area contributed by atoms with Gasteiger partial charge in [0.1, 0.15) is 6.17 Å². The van der Waals surface area contributed by atoms with Gasteiger partial charge in [-0.25, -0.2) is 4.39 Å². The molecule has 15 atom stereocenters. The summed E-state index contributed by atoms with van der Waals surface area (Å²) >= 11 is 6.71. The Morgan fingerprint density at radius 3 is 1.56 bits per heavy atom. The van der Waals surface area contributed by atoms with Crippen molar-refractivity contribution >= 4 is 29.3 Å². The van der Waals surface area contributed by atoms with Crippen molar-refractivity contribution in [1.29, 1.82) is 0 Å². The molecule has 7 N–H and O–H groups in total. The van der Waals surface area contributed by atoms with Crippen LogP contribution in [0.4, 0.5) is 4.39 Å². The molecule has 452 valence electrons. The number of piperidine rings is 2. The Bertz CT molecular complexity index is 3100. The fourth-order valence-electron chi connectivity index (χ4n) is 25.5. The normalized spacial score (nSPS) is 46.4. The van der Waals surface area contributed by atoms with Crippen LogP contribution in [0.5, 0.6) is 0 Å². The lowest BCUT2D eigenvalue weighted by atomic mass is 9.33. The molecule has 2 heterocycles. The Morgan fingerprint density at radius 2 is 1.02 bits per heavy atom. The van der Waals surface area contributed by atoms with Crippen molar-refractivity contribution in [2.45, 2.75) is 246 Å². The standard InChI is InChI=1S/C73H98ClFN6O3/c1-62(2)47-78-27-23-58(62)81-61(84)73-37-64(4)34-70(45-73,51-12-10-50(11-13-51)66-29-48-28-65(38-66,24-25-74)39-67(30-48,40-66)59(82)80-57-22-26-77-31-56(57)75)42-71(35-64,46-73)53-16-14-52(15-17-53)69-33-63(3)32-68(41-69,49-8-6-5-7-9-49)43-72(36-63,44-69)60(83)79-55-20-18-54(76)19-21-55/h5-17,48,54-58,77-78H,18-47,76H2,1-4H3,(H,79,83)(H,80,82)(H,81,84)/t48?,54?,55?,56-,57+,58?,63-,64+,65+,66+,67?,68-,69?,70?,71-,72?,73?/m0/s1. The van der Waals surface area contributed by atoms with E-state index in [1.807, 2.05) is 0 Å². The molecule has 0 radical (unpaired) electrons. The predicted octanol–water partition coefficient (Wildman–Crippen LogP) is 12.3. The van der Waals surface area contributed by atoms with Crippen molar-refractivity contribution in [3.05, 3.63) is 107 Å². The molecular weight excluding hydrogens is 1060 g/mol. The van der Waals surface area contributed by atoms with Gasteiger partial charge in [0.25, 0.3) is 0 Å². The van der Waals surface area contributed by atoms with Crippen molar-refractivity contribution in [2.75, 3.05) is 32.1 Å². The van der Waals surface area contributed by atoms with Crippen LogP contribution in [0.1, 0.15) is 216 Å². The van der Waals surface area contributed by atoms with E-state index in [1.165, 1.54) is 27.8 Å². The van der Waals surface area contributed by atoms with Gasteiger partial charge in [0.15, 0.2) is 0 Å². The molecule has 11 heteroatoms. The first-order valence-electron chi connectivity index (χ1n) is 33.6. The molecule has 13 saturated carbocycles. The van der Waals surface area contributed by atoms with Crippen molar-refractivity contribution in [3.8, 4) is 0 Å². The number of halogens is 2. The number of hydrogen-bond acceptors (Lipinski definition) is 6. The van der Waals surface area contributed by atoms with Gasteiger partial charge in [-0.1, -0.05) is 107 Å². The van der Waals surface area contributed by atoms with Crippen molar-refractivity contribution in [1.82, 2.24) is 26.6 Å². The van der Waals surface area contributed by atoms with Crippen LogP contribution in [0.25, 0.3) is 0 Å². The highest BCUT2D eigenvalue weighted by Gasteiger charge is 2.72. The fraction of sp³-hybridized carbons (Fsp3) is 0.712. The molecule has 15 fully saturated rings. The molecule has 2 aliphatic heterocycles. The Balaban J connectivity index is 0.784. The Morgan fingerprint density at radius 1 is 0.524 bits per heavy atom. The molecule has 13 aliphatic carbocycles. The third-order valence-electron chi connectivity index (χ3n) is 26.8. The van der Waals surface area contributed by atoms with Crippen LogP contribution in [0.2, 0.25) is 0 Å². The summed E-state index contributed by atoms with van der Waals surface area (Å²) < 4.78 is 15.4. The molecule has 7 unspecified atom stereocenters. The predicted molar refractivity (Wildman–Crippen MR) is 331 cm³/mol. The molecule has 15 aliphatic rings. The number of carbonyl (C=O) groups is 3. The summed E-state index contributed by atoms with van der Waals surface area (Å²) in [6.45, 7) is 12.5. The number of amides is 3. The van der Waals surface area contributed by atoms with Gasteiger partial charge in [-0.3, -0.25) is 14.4 Å². The zero-order valence-electron chi connectivity index (χ0n) is 51.2. The zero-order chi connectivity index (χ0) is 58.0. The molecule has 0 spiro atoms. The zero-order valence-corrected chi connectivity index (χ0v) is 52.0. The molecule has 3 aromatic carbocycles. The first-order chi connectivity index (χ1) is 40.0. The molecule has 84 heavy (non-hydrogen) atoms. The molecule has 3 amide bonds. The van der Waals surface area contributed by atoms with Gasteiger partial charge in [0.05, 0.1) is 22.3 Å². The average molecular weight is 1160 g/mol. The van der Waals surface area contributed by atoms with Crippen LogP contribution in [0, 0.1) is 43.8 Å². The van der Waals surface area contributed by atoms with Crippen molar-refractivity contribution in [3.63, 3.8) is 0 Å². The van der Waals surface area contributed by atoms with Gasteiger partial charge in [0, 0.05) is 37.1 Å². The van der Waals surface area contributed by atoms with Crippen LogP contribution in [-0.4, -0.2) is 80.1 Å². The minimum Gasteiger partial charge on any atom is -0.353 e. The Labute approximate surface area is 506 Å². The van der Waals surface area contributed by atoms with Crippen LogP contribution in [-0.2, 0) is 41.5 Å². The summed E-state index contributed by atoms with van der Waals surface area (Å²) in [6.07, 6.45) is 22.9. The maximum Gasteiger partial charge on any atom is 0.226 e. The van der Waals surface area contributed by atoms with E-state index in [-0.39, 0.29) is 84.6 Å². The number of benzene rings is 3. The van der Waals surface area contributed by atoms with E-state index in [4.69, 9.17) is 17.3 Å². The smallest absolute Gasteiger partial charge is 0.226 e. The van der Waals surface area contributed by atoms with E-state index < -0.39 is 28.5 Å². The molecule has 9 nitrogen and oxygen atoms in total. The topological polar surface area (TPSA) is 137 Å². The molecule has 12 bridgehead atoms. The second-order valence-corrected chi connectivity index (χ2v) is 34.5. The average Bonchev–Trinajstić information content (AvgIpc) is 0.703. The van der Waals surface area contributed by atoms with Crippen LogP contribution < -0.4 is 32.3 Å². The van der Waals surface area contributed by atoms with Gasteiger partial charge < -0.3 is 32.3 Å². The highest BCUT2D eigenvalue weighted by Crippen LogP contribution is 2.77. The monoisotopic (exact) mass is 1160 g/mol. The Hall–Kier alpha value is -3.83. The van der Waals surface area contributed by atoms with E-state index in [0.29, 0.717) is 24.8 Å². The summed E-state index contributed by atoms with van der Waals surface area (Å²) in [4.78, 5) is 45.9. The van der Waals surface area contributed by atoms with Gasteiger partial charge in [-0.05, 0) is 256 Å². The summed E-state index contributed by atoms with van der Waals surface area (Å²) in [5, 5.41) is 17.6. The first-order valence-corrected chi connectivity index (χ1v) is 34.1. The second kappa shape index (κ2) is 19.3. The summed E-state index contributed by atoms with van der Waals surface area (Å²) in [5.41, 5.74) is 10.9. The van der Waals surface area contributed by atoms with Gasteiger partial charge in [-0.15, -0.1) is 11.6 Å². The molecule has 2 saturated heterocycles. The van der Waals surface area contributed by atoms with E-state index in [0.717, 1.165) is 174 Å². The lowest BCUT2D eigenvalue weighted by Crippen LogP contribution is -2.68. The molecule has 0 aromatic heterocycles. The number of rotatable bonds is 13. The summed E-state index contributed by atoms with van der Waals surface area (Å²) in [5.74, 6) is 1.66. The van der Waals surface area contributed by atoms with Crippen LogP contribution in [0.15, 0.2) is 78.9 Å². The van der Waals surface area contributed by atoms with Gasteiger partial charge >= 0.3 is 0 Å². The van der Waals surface area contributed by atoms with Crippen LogP contribution in [0.3, 0.4) is 0 Å². The third-order valence-corrected chi connectivity index (χ3v) is 27.0. The minimum absolute atomic E-state index is 0.00336. The number of alkyl halides is 2. The van der Waals surface area contributed by atoms with Crippen molar-refractivity contribution in [2.24, 2.45) is 49.6 Å². The SMILES string of the molecule is CC1(C)CNCCC1NC(=O)C12CC3(c4ccc([C@]56CC7CC(C(=O)N[C@@H]8CCNC[C@@H]8F)(C[C@](CCCl)(C7)C5)C6)cc4)C[C@@](C)(C1)C[C@@](c1ccc(C45CC6(C(=O)NC7CCC(N)CC7)C[C@](C)(C4)C[C@@](c4ccccc4)(C6)C5)cc1)(C2)C3. The van der Waals surface area contributed by atoms with E-state index in [2.05, 4.69) is 133 Å². The number of carbonyl (C=O) groups excluding carboxylic acids is 3. The quantitative estimate of drug-likeness (QED) is 0.0943. The maximum absolute atomic E-state index is 15.8. The molecule has 18 rings (SSSR count). The summed E-state index contributed by atoms with van der Waals surface area (Å²) in [6, 6.07) is 31.3. The van der Waals surface area contributed by atoms with E-state index in [1.54, 1.807) is 0 Å². The minimum atomic E-state index is -1.08. The van der Waals surface area contributed by atoms with Gasteiger partial charge in [0.2, 0.25) is 17.7 Å². The third kappa shape index (κ3) is 8.94. The first kappa shape index (κ1) is 56.7. The fourth-order valence-corrected chi connectivity index (χ4v) is 25.9. The maximum atomic E-state index is 15.8. The molecule has 3 aromatic rings. The summed E-state index contributed by atoms with van der Waals surface area (Å²) in [7, 11) is 0. The number of nitrogens with one attached hydrogen (secondary N) is 5. The lowest BCUT2D eigenvalue weighted by Gasteiger charge is -2.70. The van der Waals surface area contributed by atoms with Crippen molar-refractivity contribution < 1.29 is 18.8 Å². The second-order valence-electron chi connectivity index (χ2n) is 34.1. The number of hydrogen-bond donors (Lipinski definition) is 6. The largest absolute Gasteiger partial charge is 0.353 e. The highest BCUT2D eigenvalue weighted by atomic mass is 35.5. The van der Waals surface area contributed by atoms with Crippen LogP contribution >= 0.6 is 11.6 Å². The van der Waals surface area contributed by atoms with E-state index >= 15 is 14.0 Å². The molecular formula is C73H98ClFN6O3. The van der Waals surface area contributed by atoms with E-state index in [9.17, 15) is 4.79 Å². The lowest BCUT2D eigenvalue weighted by molar-refractivity contribution is -0.167. The Kier molecular flexibility index (Phi) is 13.0. The number of nitrogens with two attached hydrogens (primary N) is 1.